The van der Waals surface area contributed by atoms with E-state index >= 15 is 0 Å². The van der Waals surface area contributed by atoms with Crippen LogP contribution in [0.4, 0.5) is 10.8 Å². The van der Waals surface area contributed by atoms with Gasteiger partial charge in [0.05, 0.1) is 23.4 Å². The van der Waals surface area contributed by atoms with Gasteiger partial charge >= 0.3 is 5.97 Å². The third-order valence-electron chi connectivity index (χ3n) is 4.13. The van der Waals surface area contributed by atoms with Crippen molar-refractivity contribution in [2.45, 2.75) is 46.5 Å². The number of thiophene rings is 2. The molecule has 3 aromatic rings. The van der Waals surface area contributed by atoms with E-state index in [0.29, 0.717) is 10.8 Å². The summed E-state index contributed by atoms with van der Waals surface area (Å²) in [6.45, 7) is 10.9. The molecule has 3 heterocycles. The zero-order valence-corrected chi connectivity index (χ0v) is 19.5. The summed E-state index contributed by atoms with van der Waals surface area (Å²) >= 11 is 4.84. The fraction of sp³-hybridized carbons (Fsp3) is 0.429. The van der Waals surface area contributed by atoms with Gasteiger partial charge in [0.2, 0.25) is 0 Å². The third-order valence-corrected chi connectivity index (χ3v) is 7.54. The predicted octanol–water partition coefficient (Wildman–Crippen LogP) is 6.96. The van der Waals surface area contributed by atoms with E-state index in [9.17, 15) is 4.79 Å². The summed E-state index contributed by atoms with van der Waals surface area (Å²) in [4.78, 5) is 21.3. The van der Waals surface area contributed by atoms with Gasteiger partial charge in [-0.1, -0.05) is 40.7 Å². The highest BCUT2D eigenvalue weighted by molar-refractivity contribution is 7.17. The molecule has 0 amide bonds. The Labute approximate surface area is 178 Å². The maximum absolute atomic E-state index is 12.3. The molecular weight excluding hydrogens is 408 g/mol. The van der Waals surface area contributed by atoms with Crippen molar-refractivity contribution in [1.82, 2.24) is 4.98 Å². The number of thiazole rings is 1. The van der Waals surface area contributed by atoms with Crippen LogP contribution in [0, 0.1) is 5.92 Å². The number of nitrogens with one attached hydrogen (secondary N) is 1. The van der Waals surface area contributed by atoms with E-state index in [2.05, 4.69) is 57.4 Å². The average Bonchev–Trinajstić information content (AvgIpc) is 3.32. The van der Waals surface area contributed by atoms with Gasteiger partial charge in [-0.05, 0) is 35.3 Å². The second-order valence-electron chi connectivity index (χ2n) is 8.09. The fourth-order valence-corrected chi connectivity index (χ4v) is 5.83. The first-order valence-corrected chi connectivity index (χ1v) is 11.7. The van der Waals surface area contributed by atoms with Crippen molar-refractivity contribution in [2.24, 2.45) is 5.92 Å². The largest absolute Gasteiger partial charge is 0.465 e. The molecule has 0 saturated heterocycles. The molecule has 0 aliphatic heterocycles. The molecular formula is C21H26N2O2S3. The Morgan fingerprint density at radius 2 is 2.04 bits per heavy atom. The maximum Gasteiger partial charge on any atom is 0.350 e. The Kier molecular flexibility index (Phi) is 6.27. The number of nitrogens with zero attached hydrogens (tertiary/aromatic N) is 1. The third kappa shape index (κ3) is 4.64. The first-order valence-electron chi connectivity index (χ1n) is 9.22. The zero-order chi connectivity index (χ0) is 20.5. The number of carbonyl (C=O) groups is 1. The van der Waals surface area contributed by atoms with E-state index in [1.165, 1.54) is 28.2 Å². The van der Waals surface area contributed by atoms with E-state index in [4.69, 9.17) is 9.72 Å². The van der Waals surface area contributed by atoms with Crippen molar-refractivity contribution in [3.8, 4) is 10.6 Å². The summed E-state index contributed by atoms with van der Waals surface area (Å²) < 4.78 is 5.00. The van der Waals surface area contributed by atoms with Gasteiger partial charge in [0.1, 0.15) is 4.88 Å². The van der Waals surface area contributed by atoms with Crippen LogP contribution in [-0.4, -0.2) is 18.1 Å². The molecule has 150 valence electrons. The topological polar surface area (TPSA) is 51.2 Å². The smallest absolute Gasteiger partial charge is 0.350 e. The minimum Gasteiger partial charge on any atom is -0.465 e. The molecule has 3 aromatic heterocycles. The second-order valence-corrected chi connectivity index (χ2v) is 11.2. The van der Waals surface area contributed by atoms with Crippen LogP contribution < -0.4 is 5.32 Å². The molecule has 0 aromatic carbocycles. The Morgan fingerprint density at radius 3 is 2.61 bits per heavy atom. The van der Waals surface area contributed by atoms with Crippen molar-refractivity contribution in [3.05, 3.63) is 38.2 Å². The Morgan fingerprint density at radius 1 is 1.29 bits per heavy atom. The molecule has 3 rings (SSSR count). The molecule has 0 spiro atoms. The van der Waals surface area contributed by atoms with Crippen LogP contribution >= 0.6 is 34.0 Å². The predicted molar refractivity (Wildman–Crippen MR) is 122 cm³/mol. The summed E-state index contributed by atoms with van der Waals surface area (Å²) in [6.07, 6.45) is 0.979. The quantitative estimate of drug-likeness (QED) is 0.426. The summed E-state index contributed by atoms with van der Waals surface area (Å²) in [5.41, 5.74) is 1.77. The molecule has 0 aliphatic carbocycles. The van der Waals surface area contributed by atoms with Gasteiger partial charge in [0.15, 0.2) is 5.13 Å². The van der Waals surface area contributed by atoms with Gasteiger partial charge in [-0.25, -0.2) is 9.78 Å². The van der Waals surface area contributed by atoms with Crippen LogP contribution in [0.15, 0.2) is 23.6 Å². The summed E-state index contributed by atoms with van der Waals surface area (Å²) in [6, 6.07) is 6.20. The molecule has 28 heavy (non-hydrogen) atoms. The number of hydrogen-bond donors (Lipinski definition) is 1. The molecule has 0 atom stereocenters. The minimum absolute atomic E-state index is 0.0405. The lowest BCUT2D eigenvalue weighted by molar-refractivity contribution is 0.0607. The molecule has 0 unspecified atom stereocenters. The molecule has 0 bridgehead atoms. The first-order chi connectivity index (χ1) is 13.2. The standard InChI is InChI=1S/C21H26N2O2S3/c1-12(2)10-15-17(14-8-7-9-26-14)23-20(27-15)22-13-11-16(21(3,4)5)28-18(13)19(24)25-6/h7-9,11-12H,10H2,1-6H3,(H,22,23). The lowest BCUT2D eigenvalue weighted by atomic mass is 9.94. The maximum atomic E-state index is 12.3. The lowest BCUT2D eigenvalue weighted by Crippen LogP contribution is -2.08. The average molecular weight is 435 g/mol. The lowest BCUT2D eigenvalue weighted by Gasteiger charge is -2.15. The van der Waals surface area contributed by atoms with Crippen molar-refractivity contribution in [2.75, 3.05) is 12.4 Å². The van der Waals surface area contributed by atoms with Crippen molar-refractivity contribution in [1.29, 1.82) is 0 Å². The zero-order valence-electron chi connectivity index (χ0n) is 17.1. The van der Waals surface area contributed by atoms with Crippen molar-refractivity contribution in [3.63, 3.8) is 0 Å². The number of esters is 1. The number of ether oxygens (including phenoxy) is 1. The second kappa shape index (κ2) is 8.35. The van der Waals surface area contributed by atoms with Crippen LogP contribution in [0.1, 0.15) is 54.0 Å². The molecule has 0 fully saturated rings. The Hall–Kier alpha value is -1.70. The highest BCUT2D eigenvalue weighted by Crippen LogP contribution is 2.40. The summed E-state index contributed by atoms with van der Waals surface area (Å²) in [5.74, 6) is 0.228. The highest BCUT2D eigenvalue weighted by atomic mass is 32.1. The number of hydrogen-bond acceptors (Lipinski definition) is 7. The summed E-state index contributed by atoms with van der Waals surface area (Å²) in [5, 5.41) is 6.28. The number of carbonyl (C=O) groups excluding carboxylic acids is 1. The van der Waals surface area contributed by atoms with Crippen LogP contribution in [0.25, 0.3) is 10.6 Å². The van der Waals surface area contributed by atoms with Crippen LogP contribution in [0.2, 0.25) is 0 Å². The van der Waals surface area contributed by atoms with Gasteiger partial charge in [0, 0.05) is 9.75 Å². The van der Waals surface area contributed by atoms with E-state index in [1.54, 1.807) is 22.7 Å². The van der Waals surface area contributed by atoms with E-state index in [-0.39, 0.29) is 11.4 Å². The molecule has 1 N–H and O–H groups in total. The molecule has 7 heteroatoms. The summed E-state index contributed by atoms with van der Waals surface area (Å²) in [7, 11) is 1.42. The van der Waals surface area contributed by atoms with Crippen molar-refractivity contribution < 1.29 is 9.53 Å². The minimum atomic E-state index is -0.319. The molecule has 0 radical (unpaired) electrons. The van der Waals surface area contributed by atoms with Crippen molar-refractivity contribution >= 4 is 50.8 Å². The van der Waals surface area contributed by atoms with Gasteiger partial charge in [-0.3, -0.25) is 0 Å². The number of aromatic nitrogens is 1. The molecule has 4 nitrogen and oxygen atoms in total. The highest BCUT2D eigenvalue weighted by Gasteiger charge is 2.25. The van der Waals surface area contributed by atoms with Gasteiger partial charge in [0.25, 0.3) is 0 Å². The number of anilines is 2. The Balaban J connectivity index is 1.99. The molecule has 0 aliphatic rings. The first kappa shape index (κ1) is 21.0. The van der Waals surface area contributed by atoms with E-state index in [1.807, 2.05) is 6.07 Å². The van der Waals surface area contributed by atoms with Crippen LogP contribution in [0.3, 0.4) is 0 Å². The van der Waals surface area contributed by atoms with E-state index < -0.39 is 0 Å². The SMILES string of the molecule is COC(=O)c1sc(C(C)(C)C)cc1Nc1nc(-c2cccs2)c(CC(C)C)s1. The van der Waals surface area contributed by atoms with Crippen LogP contribution in [-0.2, 0) is 16.6 Å². The molecule has 0 saturated carbocycles. The fourth-order valence-electron chi connectivity index (χ4n) is 2.73. The normalized spacial score (nSPS) is 11.8. The van der Waals surface area contributed by atoms with Gasteiger partial charge < -0.3 is 10.1 Å². The van der Waals surface area contributed by atoms with Gasteiger partial charge in [-0.15, -0.1) is 34.0 Å². The Bertz CT molecular complexity index is 947. The monoisotopic (exact) mass is 434 g/mol. The van der Waals surface area contributed by atoms with Gasteiger partial charge in [-0.2, -0.15) is 0 Å². The van der Waals surface area contributed by atoms with Crippen LogP contribution in [0.5, 0.6) is 0 Å². The van der Waals surface area contributed by atoms with E-state index in [0.717, 1.165) is 27.8 Å². The number of methoxy groups -OCH3 is 1. The number of rotatable bonds is 6.